The molecule has 0 fully saturated rings. The summed E-state index contributed by atoms with van der Waals surface area (Å²) in [6, 6.07) is 4.40. The molecule has 3 heteroatoms. The van der Waals surface area contributed by atoms with Gasteiger partial charge in [-0.3, -0.25) is 0 Å². The molecule has 0 aliphatic heterocycles. The van der Waals surface area contributed by atoms with Crippen molar-refractivity contribution in [3.05, 3.63) is 16.5 Å². The van der Waals surface area contributed by atoms with Crippen molar-refractivity contribution in [2.75, 3.05) is 0 Å². The monoisotopic (exact) mass is 195 g/mol. The third-order valence-electron chi connectivity index (χ3n) is 1.76. The van der Waals surface area contributed by atoms with Crippen LogP contribution in [0.5, 0.6) is 0 Å². The molecule has 0 bridgehead atoms. The second kappa shape index (κ2) is 3.04. The second-order valence-electron chi connectivity index (χ2n) is 3.98. The van der Waals surface area contributed by atoms with Gasteiger partial charge in [-0.15, -0.1) is 11.3 Å². The van der Waals surface area contributed by atoms with Crippen molar-refractivity contribution >= 4 is 23.9 Å². The van der Waals surface area contributed by atoms with Gasteiger partial charge in [0.15, 0.2) is 0 Å². The summed E-state index contributed by atoms with van der Waals surface area (Å²) in [5.41, 5.74) is 1.14. The minimum absolute atomic E-state index is 0.882. The Kier molecular flexibility index (Phi) is 2.40. The van der Waals surface area contributed by atoms with Crippen molar-refractivity contribution in [3.8, 4) is 6.07 Å². The molecule has 0 saturated heterocycles. The predicted molar refractivity (Wildman–Crippen MR) is 56.8 cm³/mol. The normalized spacial score (nSPS) is 11.2. The molecule has 0 unspecified atom stereocenters. The van der Waals surface area contributed by atoms with Crippen LogP contribution in [0.25, 0.3) is 0 Å². The Morgan fingerprint density at radius 2 is 2.00 bits per heavy atom. The first-order chi connectivity index (χ1) is 5.45. The Morgan fingerprint density at radius 3 is 2.25 bits per heavy atom. The van der Waals surface area contributed by atoms with Crippen LogP contribution in [0.4, 0.5) is 0 Å². The third-order valence-corrected chi connectivity index (χ3v) is 6.48. The van der Waals surface area contributed by atoms with E-state index in [-0.39, 0.29) is 0 Å². The topological polar surface area (TPSA) is 23.8 Å². The lowest BCUT2D eigenvalue weighted by Crippen LogP contribution is -2.34. The largest absolute Gasteiger partial charge is 0.192 e. The zero-order valence-corrected chi connectivity index (χ0v) is 9.75. The van der Waals surface area contributed by atoms with E-state index in [1.807, 2.05) is 6.92 Å². The molecule has 1 heterocycles. The zero-order chi connectivity index (χ0) is 9.35. The molecule has 1 nitrogen and oxygen atoms in total. The molecular formula is C9H13NSSi. The highest BCUT2D eigenvalue weighted by Crippen LogP contribution is 2.16. The summed E-state index contributed by atoms with van der Waals surface area (Å²) in [5.74, 6) is 0. The van der Waals surface area contributed by atoms with Gasteiger partial charge < -0.3 is 0 Å². The van der Waals surface area contributed by atoms with Crippen molar-refractivity contribution in [3.63, 3.8) is 0 Å². The summed E-state index contributed by atoms with van der Waals surface area (Å²) >= 11 is 1.67. The van der Waals surface area contributed by atoms with Crippen LogP contribution >= 0.6 is 11.3 Å². The van der Waals surface area contributed by atoms with Gasteiger partial charge in [-0.25, -0.2) is 0 Å². The molecule has 0 spiro atoms. The van der Waals surface area contributed by atoms with Gasteiger partial charge in [-0.2, -0.15) is 5.26 Å². The average molecular weight is 195 g/mol. The van der Waals surface area contributed by atoms with Crippen LogP contribution in [0.3, 0.4) is 0 Å². The van der Waals surface area contributed by atoms with E-state index in [9.17, 15) is 0 Å². The van der Waals surface area contributed by atoms with E-state index in [2.05, 4.69) is 31.8 Å². The SMILES string of the molecule is Cc1cc([Si](C)(C)C)sc1C#N. The maximum atomic E-state index is 8.77. The third kappa shape index (κ3) is 1.77. The number of thiophene rings is 1. The lowest BCUT2D eigenvalue weighted by Gasteiger charge is -2.11. The molecule has 0 aliphatic rings. The van der Waals surface area contributed by atoms with Gasteiger partial charge in [-0.1, -0.05) is 19.6 Å². The van der Waals surface area contributed by atoms with Crippen molar-refractivity contribution in [2.45, 2.75) is 26.6 Å². The molecule has 0 amide bonds. The van der Waals surface area contributed by atoms with Gasteiger partial charge >= 0.3 is 0 Å². The van der Waals surface area contributed by atoms with Gasteiger partial charge in [0, 0.05) is 0 Å². The molecule has 0 aromatic carbocycles. The first-order valence-electron chi connectivity index (χ1n) is 3.96. The molecule has 0 radical (unpaired) electrons. The van der Waals surface area contributed by atoms with Gasteiger partial charge in [-0.05, 0) is 23.1 Å². The summed E-state index contributed by atoms with van der Waals surface area (Å²) in [5, 5.41) is 8.77. The molecule has 64 valence electrons. The Bertz CT molecular complexity index is 327. The number of rotatable bonds is 1. The fraction of sp³-hybridized carbons (Fsp3) is 0.444. The lowest BCUT2D eigenvalue weighted by molar-refractivity contribution is 1.47. The number of aryl methyl sites for hydroxylation is 1. The Labute approximate surface area is 78.7 Å². The molecular weight excluding hydrogens is 182 g/mol. The second-order valence-corrected chi connectivity index (χ2v) is 10.4. The number of nitriles is 1. The highest BCUT2D eigenvalue weighted by molar-refractivity contribution is 7.26. The van der Waals surface area contributed by atoms with E-state index in [0.29, 0.717) is 0 Å². The minimum Gasteiger partial charge on any atom is -0.192 e. The van der Waals surface area contributed by atoms with Gasteiger partial charge in [0.1, 0.15) is 10.9 Å². The molecule has 1 aromatic rings. The molecule has 1 aromatic heterocycles. The van der Waals surface area contributed by atoms with Crippen LogP contribution < -0.4 is 4.50 Å². The van der Waals surface area contributed by atoms with E-state index in [1.165, 1.54) is 4.50 Å². The summed E-state index contributed by atoms with van der Waals surface area (Å²) < 4.78 is 1.43. The fourth-order valence-corrected chi connectivity index (χ4v) is 3.86. The quantitative estimate of drug-likeness (QED) is 0.632. The minimum atomic E-state index is -1.19. The van der Waals surface area contributed by atoms with E-state index in [1.54, 1.807) is 11.3 Å². The lowest BCUT2D eigenvalue weighted by atomic mass is 10.3. The summed E-state index contributed by atoms with van der Waals surface area (Å²) in [6.45, 7) is 8.93. The van der Waals surface area contributed by atoms with Crippen molar-refractivity contribution in [1.29, 1.82) is 5.26 Å². The van der Waals surface area contributed by atoms with Crippen LogP contribution in [0.15, 0.2) is 6.07 Å². The van der Waals surface area contributed by atoms with E-state index in [4.69, 9.17) is 5.26 Å². The average Bonchev–Trinajstić information content (AvgIpc) is 2.29. The standard InChI is InChI=1S/C9H13NSSi/c1-7-5-9(12(2,3)4)11-8(7)6-10/h5H,1-4H3. The van der Waals surface area contributed by atoms with Crippen molar-refractivity contribution in [2.24, 2.45) is 0 Å². The molecule has 1 rings (SSSR count). The van der Waals surface area contributed by atoms with Crippen LogP contribution in [0, 0.1) is 18.3 Å². The molecule has 12 heavy (non-hydrogen) atoms. The van der Waals surface area contributed by atoms with Crippen LogP contribution in [0.1, 0.15) is 10.4 Å². The maximum absolute atomic E-state index is 8.77. The molecule has 0 aliphatic carbocycles. The summed E-state index contributed by atoms with van der Waals surface area (Å²) in [6.07, 6.45) is 0. The van der Waals surface area contributed by atoms with E-state index in [0.717, 1.165) is 10.4 Å². The van der Waals surface area contributed by atoms with Gasteiger partial charge in [0.2, 0.25) is 0 Å². The zero-order valence-electron chi connectivity index (χ0n) is 7.93. The van der Waals surface area contributed by atoms with Crippen LogP contribution in [0.2, 0.25) is 19.6 Å². The molecule has 0 atom stereocenters. The first-order valence-corrected chi connectivity index (χ1v) is 8.28. The van der Waals surface area contributed by atoms with E-state index < -0.39 is 8.07 Å². The molecule has 0 N–H and O–H groups in total. The number of hydrogen-bond acceptors (Lipinski definition) is 2. The van der Waals surface area contributed by atoms with Crippen molar-refractivity contribution in [1.82, 2.24) is 0 Å². The summed E-state index contributed by atoms with van der Waals surface area (Å²) in [4.78, 5) is 0.882. The number of hydrogen-bond donors (Lipinski definition) is 0. The summed E-state index contributed by atoms with van der Waals surface area (Å²) in [7, 11) is -1.19. The van der Waals surface area contributed by atoms with Crippen molar-refractivity contribution < 1.29 is 0 Å². The molecule has 0 saturated carbocycles. The number of nitrogens with zero attached hydrogens (tertiary/aromatic N) is 1. The van der Waals surface area contributed by atoms with E-state index >= 15 is 0 Å². The van der Waals surface area contributed by atoms with Gasteiger partial charge in [0.05, 0.1) is 8.07 Å². The highest BCUT2D eigenvalue weighted by Gasteiger charge is 2.19. The Balaban J connectivity index is 3.16. The predicted octanol–water partition coefficient (Wildman–Crippen LogP) is 2.47. The first kappa shape index (κ1) is 9.49. The smallest absolute Gasteiger partial charge is 0.110 e. The highest BCUT2D eigenvalue weighted by atomic mass is 32.1. The Morgan fingerprint density at radius 1 is 1.42 bits per heavy atom. The van der Waals surface area contributed by atoms with Gasteiger partial charge in [0.25, 0.3) is 0 Å². The Hall–Kier alpha value is -0.593. The van der Waals surface area contributed by atoms with Crippen LogP contribution in [-0.4, -0.2) is 8.07 Å². The maximum Gasteiger partial charge on any atom is 0.110 e. The van der Waals surface area contributed by atoms with Crippen LogP contribution in [-0.2, 0) is 0 Å². The fourth-order valence-electron chi connectivity index (χ4n) is 0.963.